The van der Waals surface area contributed by atoms with E-state index in [4.69, 9.17) is 15.4 Å². The largest absolute Gasteiger partial charge is 0.394 e. The van der Waals surface area contributed by atoms with Gasteiger partial charge in [-0.2, -0.15) is 0 Å². The molecule has 0 saturated carbocycles. The molecule has 1 aliphatic heterocycles. The molecule has 0 aliphatic carbocycles. The number of hydrogen-bond donors (Lipinski definition) is 3. The maximum atomic E-state index is 9.52. The number of hydrogen-bond acceptors (Lipinski definition) is 5. The molecule has 0 radical (unpaired) electrons. The van der Waals surface area contributed by atoms with Crippen LogP contribution in [0.25, 0.3) is 10.4 Å². The molecule has 1 saturated heterocycles. The highest BCUT2D eigenvalue weighted by molar-refractivity contribution is 4.88. The lowest BCUT2D eigenvalue weighted by atomic mass is 9.92. The smallest absolute Gasteiger partial charge is 0.142 e. The Hall–Kier alpha value is -0.850. The summed E-state index contributed by atoms with van der Waals surface area (Å²) in [4.78, 5) is 2.56. The predicted octanol–water partition coefficient (Wildman–Crippen LogP) is -0.628. The van der Waals surface area contributed by atoms with Gasteiger partial charge in [0.05, 0.1) is 12.7 Å². The van der Waals surface area contributed by atoms with Crippen molar-refractivity contribution >= 4 is 0 Å². The zero-order valence-corrected chi connectivity index (χ0v) is 7.69. The molecule has 1 aliphatic rings. The Morgan fingerprint density at radius 3 is 2.57 bits per heavy atom. The van der Waals surface area contributed by atoms with Crippen molar-refractivity contribution in [3.05, 3.63) is 10.4 Å². The molecule has 0 bridgehead atoms. The first-order chi connectivity index (χ1) is 6.61. The Labute approximate surface area is 80.6 Å². The third-order valence-corrected chi connectivity index (χ3v) is 2.38. The van der Waals surface area contributed by atoms with E-state index < -0.39 is 37.1 Å². The summed E-state index contributed by atoms with van der Waals surface area (Å²) in [5.41, 5.74) is 8.22. The normalized spacial score (nSPS) is 43.0. The molecule has 0 spiro atoms. The molecule has 5 atom stereocenters. The first-order valence-corrected chi connectivity index (χ1v) is 4.28. The Morgan fingerprint density at radius 2 is 2.07 bits per heavy atom. The van der Waals surface area contributed by atoms with Crippen molar-refractivity contribution in [2.24, 2.45) is 11.0 Å². The summed E-state index contributed by atoms with van der Waals surface area (Å²) in [5.74, 6) is -0.497. The molecule has 80 valence electrons. The average molecular weight is 203 g/mol. The van der Waals surface area contributed by atoms with Crippen molar-refractivity contribution in [3.63, 3.8) is 0 Å². The van der Waals surface area contributed by atoms with Crippen molar-refractivity contribution < 1.29 is 20.1 Å². The fourth-order valence-corrected chi connectivity index (χ4v) is 1.42. The third-order valence-electron chi connectivity index (χ3n) is 2.38. The van der Waals surface area contributed by atoms with Crippen LogP contribution >= 0.6 is 0 Å². The molecular formula is C7H13N3O4. The van der Waals surface area contributed by atoms with Gasteiger partial charge < -0.3 is 20.1 Å². The van der Waals surface area contributed by atoms with E-state index in [2.05, 4.69) is 10.0 Å². The van der Waals surface area contributed by atoms with Crippen molar-refractivity contribution in [3.8, 4) is 0 Å². The standard InChI is InChI=1S/C7H13N3O4/c1-3-5(12)6(13)4(2-11)14-7(3)9-10-8/h3-7,11-13H,2H2,1H3/t3-,4-,5-,6+,7-/m1/s1. The van der Waals surface area contributed by atoms with Gasteiger partial charge in [-0.3, -0.25) is 0 Å². The van der Waals surface area contributed by atoms with Gasteiger partial charge >= 0.3 is 0 Å². The first kappa shape index (κ1) is 11.2. The van der Waals surface area contributed by atoms with Crippen LogP contribution in [0.2, 0.25) is 0 Å². The lowest BCUT2D eigenvalue weighted by molar-refractivity contribution is -0.203. The molecule has 0 aromatic carbocycles. The van der Waals surface area contributed by atoms with Gasteiger partial charge in [0.25, 0.3) is 0 Å². The number of aliphatic hydroxyl groups is 3. The van der Waals surface area contributed by atoms with Crippen LogP contribution in [-0.4, -0.2) is 46.5 Å². The number of rotatable bonds is 2. The summed E-state index contributed by atoms with van der Waals surface area (Å²) in [6, 6.07) is 0. The maximum Gasteiger partial charge on any atom is 0.142 e. The van der Waals surface area contributed by atoms with E-state index in [1.165, 1.54) is 0 Å². The maximum absolute atomic E-state index is 9.52. The second-order valence-electron chi connectivity index (χ2n) is 3.29. The van der Waals surface area contributed by atoms with Crippen LogP contribution in [0.3, 0.4) is 0 Å². The summed E-state index contributed by atoms with van der Waals surface area (Å²) in [6.07, 6.45) is -3.97. The zero-order valence-electron chi connectivity index (χ0n) is 7.69. The fourth-order valence-electron chi connectivity index (χ4n) is 1.42. The quantitative estimate of drug-likeness (QED) is 0.314. The second-order valence-corrected chi connectivity index (χ2v) is 3.29. The zero-order chi connectivity index (χ0) is 10.7. The van der Waals surface area contributed by atoms with E-state index in [9.17, 15) is 10.2 Å². The van der Waals surface area contributed by atoms with Gasteiger partial charge in [0.15, 0.2) is 0 Å². The topological polar surface area (TPSA) is 119 Å². The van der Waals surface area contributed by atoms with Crippen LogP contribution in [0.15, 0.2) is 5.11 Å². The molecule has 0 unspecified atom stereocenters. The van der Waals surface area contributed by atoms with Crippen molar-refractivity contribution in [1.29, 1.82) is 0 Å². The predicted molar refractivity (Wildman–Crippen MR) is 46.1 cm³/mol. The number of ether oxygens (including phenoxy) is 1. The summed E-state index contributed by atoms with van der Waals surface area (Å²) >= 11 is 0. The van der Waals surface area contributed by atoms with Crippen LogP contribution in [0, 0.1) is 5.92 Å². The van der Waals surface area contributed by atoms with E-state index in [1.54, 1.807) is 6.92 Å². The van der Waals surface area contributed by atoms with Gasteiger partial charge in [0.2, 0.25) is 0 Å². The van der Waals surface area contributed by atoms with E-state index >= 15 is 0 Å². The van der Waals surface area contributed by atoms with Crippen molar-refractivity contribution in [2.45, 2.75) is 31.5 Å². The summed E-state index contributed by atoms with van der Waals surface area (Å²) in [5, 5.41) is 31.1. The van der Waals surface area contributed by atoms with E-state index in [1.807, 2.05) is 0 Å². The van der Waals surface area contributed by atoms with Gasteiger partial charge in [-0.25, -0.2) is 0 Å². The Kier molecular flexibility index (Phi) is 3.68. The summed E-state index contributed by atoms with van der Waals surface area (Å²) < 4.78 is 5.09. The highest BCUT2D eigenvalue weighted by Gasteiger charge is 2.41. The molecule has 1 rings (SSSR count). The second kappa shape index (κ2) is 4.59. The lowest BCUT2D eigenvalue weighted by Gasteiger charge is -2.39. The van der Waals surface area contributed by atoms with Crippen LogP contribution < -0.4 is 0 Å². The molecule has 7 heteroatoms. The van der Waals surface area contributed by atoms with E-state index in [0.717, 1.165) is 0 Å². The highest BCUT2D eigenvalue weighted by atomic mass is 16.5. The average Bonchev–Trinajstić information content (AvgIpc) is 2.19. The van der Waals surface area contributed by atoms with Crippen LogP contribution in [0.1, 0.15) is 6.92 Å². The number of azide groups is 1. The highest BCUT2D eigenvalue weighted by Crippen LogP contribution is 2.26. The molecule has 0 amide bonds. The minimum Gasteiger partial charge on any atom is -0.394 e. The minimum atomic E-state index is -1.15. The Bertz CT molecular complexity index is 241. The Balaban J connectivity index is 2.77. The van der Waals surface area contributed by atoms with Gasteiger partial charge in [-0.1, -0.05) is 12.0 Å². The molecule has 0 aromatic rings. The molecule has 3 N–H and O–H groups in total. The minimum absolute atomic E-state index is 0.428. The Morgan fingerprint density at radius 1 is 1.43 bits per heavy atom. The molecule has 14 heavy (non-hydrogen) atoms. The first-order valence-electron chi connectivity index (χ1n) is 4.28. The third kappa shape index (κ3) is 1.97. The molecule has 1 heterocycles. The van der Waals surface area contributed by atoms with Crippen LogP contribution in [0.5, 0.6) is 0 Å². The van der Waals surface area contributed by atoms with Crippen LogP contribution in [0.4, 0.5) is 0 Å². The summed E-state index contributed by atoms with van der Waals surface area (Å²) in [6.45, 7) is 1.17. The molecule has 7 nitrogen and oxygen atoms in total. The van der Waals surface area contributed by atoms with Crippen LogP contribution in [-0.2, 0) is 4.74 Å². The van der Waals surface area contributed by atoms with Crippen molar-refractivity contribution in [2.75, 3.05) is 6.61 Å². The van der Waals surface area contributed by atoms with E-state index in [0.29, 0.717) is 0 Å². The van der Waals surface area contributed by atoms with Gasteiger partial charge in [0, 0.05) is 10.8 Å². The number of aliphatic hydroxyl groups excluding tert-OH is 3. The molecular weight excluding hydrogens is 190 g/mol. The molecule has 1 fully saturated rings. The monoisotopic (exact) mass is 203 g/mol. The fraction of sp³-hybridized carbons (Fsp3) is 1.00. The van der Waals surface area contributed by atoms with Gasteiger partial charge in [0.1, 0.15) is 18.4 Å². The molecule has 0 aromatic heterocycles. The van der Waals surface area contributed by atoms with Gasteiger partial charge in [-0.15, -0.1) is 0 Å². The SMILES string of the molecule is C[C@@H]1[C@@H](O)[C@@H](O)[C@@H](CO)O[C@H]1N=[N+]=[N-]. The summed E-state index contributed by atoms with van der Waals surface area (Å²) in [7, 11) is 0. The van der Waals surface area contributed by atoms with Gasteiger partial charge in [-0.05, 0) is 5.53 Å². The lowest BCUT2D eigenvalue weighted by Crippen LogP contribution is -2.54. The van der Waals surface area contributed by atoms with Crippen molar-refractivity contribution in [1.82, 2.24) is 0 Å². The number of nitrogens with zero attached hydrogens (tertiary/aromatic N) is 3. The van der Waals surface area contributed by atoms with E-state index in [-0.39, 0.29) is 0 Å².